The fourth-order valence-corrected chi connectivity index (χ4v) is 6.16. The Morgan fingerprint density at radius 1 is 0.974 bits per heavy atom. The van der Waals surface area contributed by atoms with Gasteiger partial charge in [0.25, 0.3) is 0 Å². The van der Waals surface area contributed by atoms with Gasteiger partial charge in [-0.25, -0.2) is 0 Å². The maximum atomic E-state index is 11.4. The molecular weight excluding hydrogens is 494 g/mol. The molecule has 0 saturated heterocycles. The average molecular weight is 529 g/mol. The number of allylic oxidation sites excluding steroid dienone is 8. The van der Waals surface area contributed by atoms with Crippen LogP contribution in [0.3, 0.4) is 0 Å². The van der Waals surface area contributed by atoms with Gasteiger partial charge in [-0.1, -0.05) is 60.2 Å². The van der Waals surface area contributed by atoms with Crippen LogP contribution in [0.15, 0.2) is 94.8 Å². The molecule has 1 N–H and O–H groups in total. The Kier molecular flexibility index (Phi) is 6.96. The molecular formula is C33H35ClNO3+. The van der Waals surface area contributed by atoms with Gasteiger partial charge in [-0.15, -0.1) is 0 Å². The molecule has 0 spiro atoms. The molecule has 5 heteroatoms. The van der Waals surface area contributed by atoms with E-state index in [1.165, 1.54) is 11.1 Å². The third-order valence-electron chi connectivity index (χ3n) is 8.08. The van der Waals surface area contributed by atoms with Crippen LogP contribution in [0.1, 0.15) is 64.5 Å². The quantitative estimate of drug-likeness (QED) is 0.387. The number of benzene rings is 2. The van der Waals surface area contributed by atoms with Gasteiger partial charge in [0.1, 0.15) is 17.9 Å². The minimum Gasteiger partial charge on any atom is -0.481 e. The Bertz CT molecular complexity index is 1450. The number of nitrogens with zero attached hydrogens (tertiary/aromatic N) is 1. The molecule has 196 valence electrons. The fraction of sp³-hybridized carbons (Fsp3) is 0.333. The summed E-state index contributed by atoms with van der Waals surface area (Å²) in [4.78, 5) is 11.4. The second-order valence-corrected chi connectivity index (χ2v) is 11.7. The predicted octanol–water partition coefficient (Wildman–Crippen LogP) is 7.95. The first-order valence-electron chi connectivity index (χ1n) is 13.3. The molecule has 0 bridgehead atoms. The maximum Gasteiger partial charge on any atom is 0.309 e. The summed E-state index contributed by atoms with van der Waals surface area (Å²) in [6.45, 7) is 9.19. The number of hydrogen-bond donors (Lipinski definition) is 1. The second-order valence-electron chi connectivity index (χ2n) is 11.3. The molecule has 3 aliphatic rings. The van der Waals surface area contributed by atoms with Gasteiger partial charge in [-0.2, -0.15) is 4.58 Å². The lowest BCUT2D eigenvalue weighted by Crippen LogP contribution is -2.28. The topological polar surface area (TPSA) is 49.5 Å². The van der Waals surface area contributed by atoms with Crippen molar-refractivity contribution in [2.24, 2.45) is 0 Å². The molecule has 0 fully saturated rings. The van der Waals surface area contributed by atoms with Crippen molar-refractivity contribution in [3.8, 4) is 5.75 Å². The van der Waals surface area contributed by atoms with E-state index in [-0.39, 0.29) is 17.3 Å². The van der Waals surface area contributed by atoms with Crippen molar-refractivity contribution < 1.29 is 19.2 Å². The van der Waals surface area contributed by atoms with Gasteiger partial charge in [0.05, 0.1) is 10.8 Å². The van der Waals surface area contributed by atoms with Crippen molar-refractivity contribution >= 4 is 29.0 Å². The zero-order valence-corrected chi connectivity index (χ0v) is 23.3. The maximum absolute atomic E-state index is 11.4. The van der Waals surface area contributed by atoms with E-state index in [0.29, 0.717) is 6.54 Å². The summed E-state index contributed by atoms with van der Waals surface area (Å²) in [5.41, 5.74) is 6.36. The standard InChI is InChI=1S/C33H34ClNO3/c1-32(2)24-12-5-7-14-26(24)35(21-20-30(36)37)28(32)18-16-22-10-9-11-23(31(22)34)17-19-29-33(3,4)25-13-6-8-15-27(25)38-29/h5-8,12-19H,9-11,20-21H2,1-4H3/p+1/b18-16+,23-17+,29-19+. The van der Waals surface area contributed by atoms with Gasteiger partial charge in [-0.05, 0) is 70.2 Å². The summed E-state index contributed by atoms with van der Waals surface area (Å²) in [5, 5.41) is 10.1. The minimum atomic E-state index is -0.796. The second kappa shape index (κ2) is 10.1. The van der Waals surface area contributed by atoms with Crippen molar-refractivity contribution in [1.82, 2.24) is 0 Å². The number of carbonyl (C=O) groups is 1. The predicted molar refractivity (Wildman–Crippen MR) is 154 cm³/mol. The Hall–Kier alpha value is -3.37. The monoisotopic (exact) mass is 528 g/mol. The highest BCUT2D eigenvalue weighted by atomic mass is 35.5. The Morgan fingerprint density at radius 2 is 1.68 bits per heavy atom. The number of aliphatic carboxylic acids is 1. The van der Waals surface area contributed by atoms with Gasteiger partial charge in [0.15, 0.2) is 12.3 Å². The Morgan fingerprint density at radius 3 is 2.42 bits per heavy atom. The molecule has 0 aromatic heterocycles. The summed E-state index contributed by atoms with van der Waals surface area (Å²) in [5.74, 6) is 1.05. The molecule has 0 unspecified atom stereocenters. The van der Waals surface area contributed by atoms with Crippen molar-refractivity contribution in [3.05, 3.63) is 106 Å². The number of carboxylic acids is 1. The fourth-order valence-electron chi connectivity index (χ4n) is 5.85. The minimum absolute atomic E-state index is 0.0784. The van der Waals surface area contributed by atoms with Gasteiger partial charge in [0.2, 0.25) is 5.69 Å². The largest absolute Gasteiger partial charge is 0.481 e. The lowest BCUT2D eigenvalue weighted by molar-refractivity contribution is -0.436. The van der Waals surface area contributed by atoms with Crippen molar-refractivity contribution in [1.29, 1.82) is 0 Å². The van der Waals surface area contributed by atoms with Crippen molar-refractivity contribution in [2.45, 2.75) is 64.2 Å². The highest BCUT2D eigenvalue weighted by Gasteiger charge is 2.44. The first-order chi connectivity index (χ1) is 18.1. The van der Waals surface area contributed by atoms with Crippen LogP contribution in [-0.2, 0) is 15.6 Å². The third-order valence-corrected chi connectivity index (χ3v) is 8.56. The lowest BCUT2D eigenvalue weighted by Gasteiger charge is -2.19. The molecule has 0 saturated carbocycles. The van der Waals surface area contributed by atoms with Gasteiger partial charge < -0.3 is 9.84 Å². The number of rotatable bonds is 6. The van der Waals surface area contributed by atoms with Crippen LogP contribution in [0.5, 0.6) is 5.75 Å². The van der Waals surface area contributed by atoms with Crippen LogP contribution >= 0.6 is 11.6 Å². The van der Waals surface area contributed by atoms with E-state index in [1.54, 1.807) is 0 Å². The molecule has 2 heterocycles. The van der Waals surface area contributed by atoms with E-state index in [0.717, 1.165) is 58.3 Å². The van der Waals surface area contributed by atoms with Crippen molar-refractivity contribution in [3.63, 3.8) is 0 Å². The Balaban J connectivity index is 1.46. The third kappa shape index (κ3) is 4.67. The molecule has 38 heavy (non-hydrogen) atoms. The highest BCUT2D eigenvalue weighted by molar-refractivity contribution is 6.32. The summed E-state index contributed by atoms with van der Waals surface area (Å²) >= 11 is 6.97. The van der Waals surface area contributed by atoms with Crippen molar-refractivity contribution in [2.75, 3.05) is 6.54 Å². The summed E-state index contributed by atoms with van der Waals surface area (Å²) < 4.78 is 8.34. The molecule has 5 rings (SSSR count). The van der Waals surface area contributed by atoms with Crippen LogP contribution < -0.4 is 4.74 Å². The molecule has 4 nitrogen and oxygen atoms in total. The number of hydrogen-bond acceptors (Lipinski definition) is 2. The summed E-state index contributed by atoms with van der Waals surface area (Å²) in [6, 6.07) is 16.5. The summed E-state index contributed by atoms with van der Waals surface area (Å²) in [7, 11) is 0. The van der Waals surface area contributed by atoms with Crippen LogP contribution in [-0.4, -0.2) is 27.9 Å². The summed E-state index contributed by atoms with van der Waals surface area (Å²) in [6.07, 6.45) is 11.4. The van der Waals surface area contributed by atoms with Crippen LogP contribution in [0, 0.1) is 0 Å². The number of carboxylic acid groups (broad SMARTS) is 1. The molecule has 2 aliphatic heterocycles. The van der Waals surface area contributed by atoms with E-state index < -0.39 is 5.97 Å². The first-order valence-corrected chi connectivity index (χ1v) is 13.7. The van der Waals surface area contributed by atoms with Gasteiger partial charge in [-0.3, -0.25) is 4.79 Å². The molecule has 0 atom stereocenters. The van der Waals surface area contributed by atoms with Gasteiger partial charge >= 0.3 is 5.97 Å². The van der Waals surface area contributed by atoms with Crippen LogP contribution in [0.25, 0.3) is 0 Å². The highest BCUT2D eigenvalue weighted by Crippen LogP contribution is 2.45. The molecule has 2 aromatic rings. The molecule has 2 aromatic carbocycles. The number of para-hydroxylation sites is 2. The van der Waals surface area contributed by atoms with E-state index in [2.05, 4.69) is 80.8 Å². The van der Waals surface area contributed by atoms with E-state index >= 15 is 0 Å². The zero-order valence-electron chi connectivity index (χ0n) is 22.6. The SMILES string of the molecule is CC1(C)C(/C=C/C2=C(Cl)C(=C/C=C3/Oc4ccccc4C3(C)C)/CCC2)=[N+](CCC(=O)O)c2ccccc21. The smallest absolute Gasteiger partial charge is 0.309 e. The number of ether oxygens (including phenoxy) is 1. The normalized spacial score (nSPS) is 21.8. The number of halogens is 1. The molecule has 0 amide bonds. The average Bonchev–Trinajstić information content (AvgIpc) is 3.27. The number of fused-ring (bicyclic) bond motifs is 2. The molecule has 1 aliphatic carbocycles. The van der Waals surface area contributed by atoms with E-state index in [4.69, 9.17) is 16.3 Å². The molecule has 0 radical (unpaired) electrons. The van der Waals surface area contributed by atoms with Gasteiger partial charge in [0, 0.05) is 28.3 Å². The van der Waals surface area contributed by atoms with E-state index in [1.807, 2.05) is 24.3 Å². The lowest BCUT2D eigenvalue weighted by atomic mass is 9.81. The first kappa shape index (κ1) is 26.2. The van der Waals surface area contributed by atoms with Crippen LogP contribution in [0.4, 0.5) is 5.69 Å². The van der Waals surface area contributed by atoms with E-state index in [9.17, 15) is 9.90 Å². The Labute approximate surface area is 230 Å². The van der Waals surface area contributed by atoms with Crippen LogP contribution in [0.2, 0.25) is 0 Å². The zero-order chi connectivity index (χ0) is 27.1.